The van der Waals surface area contributed by atoms with E-state index in [-0.39, 0.29) is 41.8 Å². The molecular weight excluding hydrogens is 812 g/mol. The number of aromatic amines is 2. The number of carbonyl (C=O) groups excluding carboxylic acids is 4. The Morgan fingerprint density at radius 3 is 2.03 bits per heavy atom. The maximum atomic E-state index is 14.0. The number of fused-ring (bicyclic) bond motifs is 4. The summed E-state index contributed by atoms with van der Waals surface area (Å²) in [6.07, 6.45) is 2.17. The maximum absolute atomic E-state index is 14.0. The average molecular weight is 868 g/mol. The van der Waals surface area contributed by atoms with Crippen LogP contribution in [-0.4, -0.2) is 100 Å². The van der Waals surface area contributed by atoms with Crippen LogP contribution in [-0.2, 0) is 19.1 Å². The molecule has 322 valence electrons. The number of halogens is 1. The second-order valence-corrected chi connectivity index (χ2v) is 23.8. The Labute approximate surface area is 361 Å². The molecule has 3 aromatic carbocycles. The Balaban J connectivity index is 1.03. The molecule has 5 aromatic rings. The van der Waals surface area contributed by atoms with E-state index in [1.165, 1.54) is 14.2 Å². The Hall–Kier alpha value is -5.41. The average Bonchev–Trinajstić information content (AvgIpc) is 3.99. The third kappa shape index (κ3) is 7.97. The quantitative estimate of drug-likeness (QED) is 0.101. The zero-order chi connectivity index (χ0) is 43.5. The molecule has 2 aromatic heterocycles. The van der Waals surface area contributed by atoms with E-state index in [0.29, 0.717) is 28.8 Å². The number of amides is 4. The zero-order valence-electron chi connectivity index (χ0n) is 36.0. The van der Waals surface area contributed by atoms with Crippen LogP contribution in [0.2, 0.25) is 24.3 Å². The Bertz CT molecular complexity index is 2500. The van der Waals surface area contributed by atoms with Gasteiger partial charge in [0.1, 0.15) is 34.6 Å². The van der Waals surface area contributed by atoms with E-state index in [4.69, 9.17) is 31.0 Å². The molecule has 3 aliphatic rings. The van der Waals surface area contributed by atoms with Crippen LogP contribution in [0.15, 0.2) is 54.6 Å². The molecule has 6 atom stereocenters. The minimum Gasteiger partial charge on any atom is -0.453 e. The van der Waals surface area contributed by atoms with E-state index in [1.54, 1.807) is 0 Å². The smallest absolute Gasteiger partial charge is 0.407 e. The molecule has 61 heavy (non-hydrogen) atoms. The van der Waals surface area contributed by atoms with Gasteiger partial charge >= 0.3 is 12.2 Å². The topological polar surface area (TPSA) is 175 Å². The number of hydrogen-bond acceptors (Lipinski definition) is 8. The summed E-state index contributed by atoms with van der Waals surface area (Å²) in [6, 6.07) is 17.6. The molecule has 4 amide bonds. The summed E-state index contributed by atoms with van der Waals surface area (Å²) in [5.41, 5.74) is 5.27. The second kappa shape index (κ2) is 16.5. The SMILES string of the molecule is COC(=O)NC(C(=O)N1C[Si](C)(C)CC1c1nc2c(ccc3cc(-c4ccc(-c5nc(C6CC7CCC7N6C(=O)C(NC(=O)OC)C(C)C)[nH]c5Cl)cc4)ccc32)[nH]1)C(C)C. The van der Waals surface area contributed by atoms with Crippen LogP contribution in [0.25, 0.3) is 44.2 Å². The van der Waals surface area contributed by atoms with E-state index in [9.17, 15) is 19.2 Å². The van der Waals surface area contributed by atoms with Crippen LogP contribution in [0.3, 0.4) is 0 Å². The minimum absolute atomic E-state index is 0.0982. The molecule has 1 saturated carbocycles. The number of rotatable bonds is 10. The van der Waals surface area contributed by atoms with Gasteiger partial charge in [-0.25, -0.2) is 19.6 Å². The predicted molar refractivity (Wildman–Crippen MR) is 237 cm³/mol. The van der Waals surface area contributed by atoms with Gasteiger partial charge in [-0.15, -0.1) is 0 Å². The highest BCUT2D eigenvalue weighted by molar-refractivity contribution is 6.78. The third-order valence-electron chi connectivity index (χ3n) is 12.9. The van der Waals surface area contributed by atoms with Crippen molar-refractivity contribution in [3.63, 3.8) is 0 Å². The van der Waals surface area contributed by atoms with Crippen molar-refractivity contribution in [2.24, 2.45) is 17.8 Å². The van der Waals surface area contributed by atoms with Crippen LogP contribution in [0.1, 0.15) is 70.7 Å². The van der Waals surface area contributed by atoms with E-state index >= 15 is 0 Å². The number of likely N-dealkylation sites (tertiary alicyclic amines) is 1. The second-order valence-electron chi connectivity index (χ2n) is 18.3. The first-order chi connectivity index (χ1) is 29.1. The molecule has 6 unspecified atom stereocenters. The lowest BCUT2D eigenvalue weighted by Crippen LogP contribution is -2.54. The van der Waals surface area contributed by atoms with E-state index in [1.807, 2.05) is 55.7 Å². The van der Waals surface area contributed by atoms with Crippen molar-refractivity contribution in [2.45, 2.75) is 96.3 Å². The molecule has 1 aliphatic carbocycles. The van der Waals surface area contributed by atoms with Gasteiger partial charge in [-0.05, 0) is 71.7 Å². The Morgan fingerprint density at radius 2 is 1.41 bits per heavy atom. The van der Waals surface area contributed by atoms with Crippen molar-refractivity contribution < 1.29 is 28.7 Å². The fourth-order valence-corrected chi connectivity index (χ4v) is 12.7. The number of aromatic nitrogens is 4. The number of methoxy groups -OCH3 is 2. The summed E-state index contributed by atoms with van der Waals surface area (Å²) in [5.74, 6) is 1.26. The van der Waals surface area contributed by atoms with Gasteiger partial charge in [0.25, 0.3) is 0 Å². The zero-order valence-corrected chi connectivity index (χ0v) is 37.7. The van der Waals surface area contributed by atoms with Crippen LogP contribution < -0.4 is 10.6 Å². The number of alkyl carbamates (subject to hydrolysis) is 2. The molecule has 4 heterocycles. The van der Waals surface area contributed by atoms with Crippen molar-refractivity contribution in [1.29, 1.82) is 0 Å². The lowest BCUT2D eigenvalue weighted by Gasteiger charge is -2.39. The van der Waals surface area contributed by atoms with Gasteiger partial charge in [-0.1, -0.05) is 94.9 Å². The molecular formula is C45H55ClN8O6Si. The van der Waals surface area contributed by atoms with Crippen molar-refractivity contribution in [1.82, 2.24) is 40.4 Å². The number of imidazole rings is 2. The highest BCUT2D eigenvalue weighted by Crippen LogP contribution is 2.50. The van der Waals surface area contributed by atoms with Crippen molar-refractivity contribution >= 4 is 65.5 Å². The van der Waals surface area contributed by atoms with E-state index in [0.717, 1.165) is 69.6 Å². The molecule has 4 N–H and O–H groups in total. The van der Waals surface area contributed by atoms with Crippen molar-refractivity contribution in [3.8, 4) is 22.4 Å². The standard InChI is InChI=1S/C45H55ClN8O6Si/c1-23(2)35(50-44(57)59-5)42(55)53-22-61(7,8)21-34(53)41-47-31-17-14-28-19-27(13-16-30(28)38(31)49-41)25-9-11-26(12-10-25)37-39(46)52-40(48-37)33-20-29-15-18-32(29)54(33)43(56)36(24(3)4)51-45(58)60-6/h9-14,16-17,19,23-24,29,32-36H,15,18,20-22H2,1-8H3,(H,47,49)(H,48,52)(H,50,57)(H,51,58). The van der Waals surface area contributed by atoms with Gasteiger partial charge in [0.15, 0.2) is 0 Å². The first-order valence-electron chi connectivity index (χ1n) is 21.2. The molecule has 0 radical (unpaired) electrons. The molecule has 14 nitrogen and oxygen atoms in total. The van der Waals surface area contributed by atoms with Crippen LogP contribution in [0, 0.1) is 17.8 Å². The maximum Gasteiger partial charge on any atom is 0.407 e. The largest absolute Gasteiger partial charge is 0.453 e. The summed E-state index contributed by atoms with van der Waals surface area (Å²) in [7, 11) is 0.810. The van der Waals surface area contributed by atoms with E-state index < -0.39 is 32.3 Å². The first-order valence-corrected chi connectivity index (χ1v) is 25.0. The molecule has 16 heteroatoms. The monoisotopic (exact) mass is 866 g/mol. The molecule has 2 saturated heterocycles. The predicted octanol–water partition coefficient (Wildman–Crippen LogP) is 8.37. The van der Waals surface area contributed by atoms with Gasteiger partial charge in [-0.3, -0.25) is 9.59 Å². The normalized spacial score (nSPS) is 21.7. The third-order valence-corrected chi connectivity index (χ3v) is 15.9. The van der Waals surface area contributed by atoms with Gasteiger partial charge in [0, 0.05) is 23.2 Å². The number of nitrogens with one attached hydrogen (secondary N) is 4. The Morgan fingerprint density at radius 1 is 0.787 bits per heavy atom. The number of carbonyl (C=O) groups is 4. The van der Waals surface area contributed by atoms with Crippen LogP contribution >= 0.6 is 11.6 Å². The van der Waals surface area contributed by atoms with Crippen molar-refractivity contribution in [3.05, 3.63) is 71.4 Å². The van der Waals surface area contributed by atoms with E-state index in [2.05, 4.69) is 70.1 Å². The highest BCUT2D eigenvalue weighted by atomic mass is 35.5. The molecule has 0 bridgehead atoms. The summed E-state index contributed by atoms with van der Waals surface area (Å²) >= 11 is 6.83. The molecule has 3 fully saturated rings. The Kier molecular flexibility index (Phi) is 11.4. The summed E-state index contributed by atoms with van der Waals surface area (Å²) in [5, 5.41) is 7.95. The highest BCUT2D eigenvalue weighted by Gasteiger charge is 2.52. The van der Waals surface area contributed by atoms with Gasteiger partial charge < -0.3 is 39.9 Å². The number of ether oxygens (including phenoxy) is 2. The van der Waals surface area contributed by atoms with Gasteiger partial charge in [-0.2, -0.15) is 0 Å². The van der Waals surface area contributed by atoms with Gasteiger partial charge in [0.2, 0.25) is 11.8 Å². The first kappa shape index (κ1) is 42.3. The number of hydrogen-bond donors (Lipinski definition) is 4. The summed E-state index contributed by atoms with van der Waals surface area (Å²) in [4.78, 5) is 73.2. The minimum atomic E-state index is -1.79. The van der Waals surface area contributed by atoms with Crippen LogP contribution in [0.5, 0.6) is 0 Å². The molecule has 2 aliphatic heterocycles. The number of benzene rings is 3. The fraction of sp³-hybridized carbons (Fsp3) is 0.467. The number of H-pyrrole nitrogens is 2. The van der Waals surface area contributed by atoms with Gasteiger partial charge in [0.05, 0.1) is 45.4 Å². The van der Waals surface area contributed by atoms with Crippen molar-refractivity contribution in [2.75, 3.05) is 20.4 Å². The fourth-order valence-electron chi connectivity index (χ4n) is 9.57. The van der Waals surface area contributed by atoms with Crippen LogP contribution in [0.4, 0.5) is 9.59 Å². The number of nitrogens with zero attached hydrogens (tertiary/aromatic N) is 4. The lowest BCUT2D eigenvalue weighted by molar-refractivity contribution is -0.139. The summed E-state index contributed by atoms with van der Waals surface area (Å²) in [6.45, 7) is 12.2. The molecule has 8 rings (SSSR count). The molecule has 0 spiro atoms. The lowest BCUT2D eigenvalue weighted by atomic mass is 9.80. The summed E-state index contributed by atoms with van der Waals surface area (Å²) < 4.78 is 9.66.